The number of rotatable bonds is 1. The lowest BCUT2D eigenvalue weighted by molar-refractivity contribution is -0.141. The van der Waals surface area contributed by atoms with Gasteiger partial charge >= 0.3 is 0 Å². The minimum atomic E-state index is -0.748. The summed E-state index contributed by atoms with van der Waals surface area (Å²) in [6.07, 6.45) is 4.39. The van der Waals surface area contributed by atoms with E-state index in [-0.39, 0.29) is 17.3 Å². The smallest absolute Gasteiger partial charge is 0.264 e. The molecule has 2 aliphatic rings. The molecule has 0 radical (unpaired) electrons. The molecule has 84 valence electrons. The van der Waals surface area contributed by atoms with E-state index in [1.165, 1.54) is 0 Å². The lowest BCUT2D eigenvalue weighted by Crippen LogP contribution is -2.28. The number of carbonyl (C=O) groups excluding carboxylic acids is 3. The van der Waals surface area contributed by atoms with Gasteiger partial charge in [0.1, 0.15) is 0 Å². The van der Waals surface area contributed by atoms with Crippen molar-refractivity contribution in [1.82, 2.24) is 0 Å². The van der Waals surface area contributed by atoms with E-state index in [1.54, 1.807) is 11.8 Å². The van der Waals surface area contributed by atoms with Gasteiger partial charge < -0.3 is 5.48 Å². The highest BCUT2D eigenvalue weighted by atomic mass is 32.2. The van der Waals surface area contributed by atoms with Gasteiger partial charge in [0.15, 0.2) is 0 Å². The van der Waals surface area contributed by atoms with E-state index in [4.69, 9.17) is 0 Å². The Hall–Kier alpha value is -0.680. The number of carbonyl (C=O) groups is 3. The van der Waals surface area contributed by atoms with Gasteiger partial charge in [0.2, 0.25) is 11.6 Å². The third-order valence-corrected chi connectivity index (χ3v) is 4.35. The van der Waals surface area contributed by atoms with Crippen LogP contribution in [0.3, 0.4) is 0 Å². The molecule has 0 aromatic rings. The lowest BCUT2D eigenvalue weighted by Gasteiger charge is -2.27. The van der Waals surface area contributed by atoms with Crippen molar-refractivity contribution in [1.29, 1.82) is 0 Å². The summed E-state index contributed by atoms with van der Waals surface area (Å²) in [6, 6.07) is 0. The van der Waals surface area contributed by atoms with Crippen LogP contribution in [-0.4, -0.2) is 34.3 Å². The van der Waals surface area contributed by atoms with Crippen LogP contribution in [0.25, 0.3) is 0 Å². The predicted molar refractivity (Wildman–Crippen MR) is 56.8 cm³/mol. The van der Waals surface area contributed by atoms with Gasteiger partial charge in [-0.05, 0) is 25.5 Å². The monoisotopic (exact) mass is 230 g/mol. The Morgan fingerprint density at radius 3 is 2.27 bits per heavy atom. The number of thioether (sulfide) groups is 1. The molecule has 0 aromatic heterocycles. The summed E-state index contributed by atoms with van der Waals surface area (Å²) in [7, 11) is 0. The third kappa shape index (κ3) is 1.86. The maximum atomic E-state index is 11.4. The van der Waals surface area contributed by atoms with Gasteiger partial charge in [-0.2, -0.15) is 11.8 Å². The maximum absolute atomic E-state index is 11.4. The van der Waals surface area contributed by atoms with Crippen LogP contribution < -0.4 is 0 Å². The lowest BCUT2D eigenvalue weighted by atomic mass is 9.81. The van der Waals surface area contributed by atoms with E-state index < -0.39 is 17.3 Å². The standard InChI is InChI=1S/C10H12O3S.H2O/c1-14-5-2-3-6-7(4-5)9(12)10(13)8(6)11;/h5-7H,2-4H2,1H3;1H2. The van der Waals surface area contributed by atoms with Gasteiger partial charge in [-0.25, -0.2) is 0 Å². The summed E-state index contributed by atoms with van der Waals surface area (Å²) >= 11 is 1.72. The van der Waals surface area contributed by atoms with Crippen molar-refractivity contribution in [3.05, 3.63) is 0 Å². The average molecular weight is 230 g/mol. The number of hydrogen-bond donors (Lipinski definition) is 0. The molecule has 0 amide bonds. The number of ketones is 3. The molecular weight excluding hydrogens is 216 g/mol. The Morgan fingerprint density at radius 1 is 1.07 bits per heavy atom. The van der Waals surface area contributed by atoms with Crippen LogP contribution in [0.5, 0.6) is 0 Å². The van der Waals surface area contributed by atoms with Crippen molar-refractivity contribution >= 4 is 29.1 Å². The van der Waals surface area contributed by atoms with E-state index in [2.05, 4.69) is 0 Å². The van der Waals surface area contributed by atoms with Crippen molar-refractivity contribution in [2.45, 2.75) is 24.5 Å². The van der Waals surface area contributed by atoms with Gasteiger partial charge in [-0.1, -0.05) is 0 Å². The summed E-state index contributed by atoms with van der Waals surface area (Å²) in [5.41, 5.74) is 0. The minimum absolute atomic E-state index is 0. The van der Waals surface area contributed by atoms with E-state index in [0.29, 0.717) is 18.1 Å². The maximum Gasteiger partial charge on any atom is 0.264 e. The summed E-state index contributed by atoms with van der Waals surface area (Å²) in [6.45, 7) is 0. The van der Waals surface area contributed by atoms with Gasteiger partial charge in [0, 0.05) is 17.1 Å². The molecule has 3 unspecified atom stereocenters. The largest absolute Gasteiger partial charge is 0.412 e. The fraction of sp³-hybridized carbons (Fsp3) is 0.700. The first-order chi connectivity index (χ1) is 6.65. The molecule has 2 fully saturated rings. The molecule has 15 heavy (non-hydrogen) atoms. The Labute approximate surface area is 92.1 Å². The second-order valence-corrected chi connectivity index (χ2v) is 5.08. The Kier molecular flexibility index (Phi) is 3.67. The van der Waals surface area contributed by atoms with Crippen LogP contribution in [0.4, 0.5) is 0 Å². The summed E-state index contributed by atoms with van der Waals surface area (Å²) in [5, 5.41) is 0.443. The topological polar surface area (TPSA) is 82.7 Å². The molecule has 3 atom stereocenters. The number of hydrogen-bond acceptors (Lipinski definition) is 4. The highest BCUT2D eigenvalue weighted by molar-refractivity contribution is 7.99. The van der Waals surface area contributed by atoms with Crippen LogP contribution >= 0.6 is 11.8 Å². The van der Waals surface area contributed by atoms with E-state index in [1.807, 2.05) is 6.26 Å². The van der Waals surface area contributed by atoms with Gasteiger partial charge in [0.05, 0.1) is 0 Å². The van der Waals surface area contributed by atoms with Crippen LogP contribution in [0.15, 0.2) is 0 Å². The zero-order valence-corrected chi connectivity index (χ0v) is 9.30. The fourth-order valence-corrected chi connectivity index (χ4v) is 3.18. The second kappa shape index (κ2) is 4.45. The predicted octanol–water partition coefficient (Wildman–Crippen LogP) is 0.0305. The highest BCUT2D eigenvalue weighted by Gasteiger charge is 2.50. The second-order valence-electron chi connectivity index (χ2n) is 3.94. The molecule has 0 bridgehead atoms. The fourth-order valence-electron chi connectivity index (χ4n) is 2.41. The van der Waals surface area contributed by atoms with Crippen molar-refractivity contribution in [3.8, 4) is 0 Å². The molecule has 2 N–H and O–H groups in total. The normalized spacial score (nSPS) is 35.0. The van der Waals surface area contributed by atoms with E-state index in [9.17, 15) is 14.4 Å². The van der Waals surface area contributed by atoms with E-state index in [0.717, 1.165) is 6.42 Å². The molecule has 2 aliphatic carbocycles. The van der Waals surface area contributed by atoms with Crippen molar-refractivity contribution in [3.63, 3.8) is 0 Å². The minimum Gasteiger partial charge on any atom is -0.412 e. The molecule has 0 saturated heterocycles. The van der Waals surface area contributed by atoms with Crippen molar-refractivity contribution < 1.29 is 19.9 Å². The summed E-state index contributed by atoms with van der Waals surface area (Å²) in [5.74, 6) is -2.18. The summed E-state index contributed by atoms with van der Waals surface area (Å²) < 4.78 is 0. The highest BCUT2D eigenvalue weighted by Crippen LogP contribution is 2.40. The molecule has 0 aliphatic heterocycles. The first kappa shape index (κ1) is 12.4. The Bertz CT molecular complexity index is 313. The zero-order chi connectivity index (χ0) is 10.3. The van der Waals surface area contributed by atoms with Gasteiger partial charge in [-0.3, -0.25) is 14.4 Å². The van der Waals surface area contributed by atoms with Crippen LogP contribution in [0.1, 0.15) is 19.3 Å². The molecule has 2 rings (SSSR count). The van der Waals surface area contributed by atoms with Gasteiger partial charge in [0.25, 0.3) is 5.78 Å². The molecular formula is C10H14O4S. The Morgan fingerprint density at radius 2 is 1.67 bits per heavy atom. The van der Waals surface area contributed by atoms with E-state index >= 15 is 0 Å². The SMILES string of the molecule is CSC1CCC2C(=O)C(=O)C(=O)C2C1.O. The average Bonchev–Trinajstić information content (AvgIpc) is 2.44. The Balaban J connectivity index is 0.00000112. The first-order valence-corrected chi connectivity index (χ1v) is 6.09. The van der Waals surface area contributed by atoms with Gasteiger partial charge in [-0.15, -0.1) is 0 Å². The zero-order valence-electron chi connectivity index (χ0n) is 8.49. The number of Topliss-reactive ketones (excluding diaryl/α,β-unsaturated/α-hetero) is 3. The molecule has 0 aromatic carbocycles. The third-order valence-electron chi connectivity index (χ3n) is 3.26. The summed E-state index contributed by atoms with van der Waals surface area (Å²) in [4.78, 5) is 34.0. The van der Waals surface area contributed by atoms with Crippen molar-refractivity contribution in [2.24, 2.45) is 11.8 Å². The molecule has 0 heterocycles. The first-order valence-electron chi connectivity index (χ1n) is 4.80. The quantitative estimate of drug-likeness (QED) is 0.595. The van der Waals surface area contributed by atoms with Crippen LogP contribution in [0.2, 0.25) is 0 Å². The van der Waals surface area contributed by atoms with Crippen molar-refractivity contribution in [2.75, 3.05) is 6.26 Å². The molecule has 0 spiro atoms. The molecule has 4 nitrogen and oxygen atoms in total. The van der Waals surface area contributed by atoms with Crippen LogP contribution in [-0.2, 0) is 14.4 Å². The molecule has 5 heteroatoms. The number of fused-ring (bicyclic) bond motifs is 1. The molecule has 2 saturated carbocycles. The van der Waals surface area contributed by atoms with Crippen LogP contribution in [0, 0.1) is 11.8 Å².